The van der Waals surface area contributed by atoms with Crippen molar-refractivity contribution in [2.75, 3.05) is 5.73 Å². The van der Waals surface area contributed by atoms with E-state index < -0.39 is 5.97 Å². The fourth-order valence-corrected chi connectivity index (χ4v) is 2.18. The number of hydrogen-bond acceptors (Lipinski definition) is 3. The molecule has 4 nitrogen and oxygen atoms in total. The summed E-state index contributed by atoms with van der Waals surface area (Å²) in [5.74, 6) is -0.969. The molecule has 0 atom stereocenters. The van der Waals surface area contributed by atoms with E-state index in [1.54, 1.807) is 18.2 Å². The monoisotopic (exact) mass is 282 g/mol. The van der Waals surface area contributed by atoms with Gasteiger partial charge in [-0.25, -0.2) is 9.78 Å². The summed E-state index contributed by atoms with van der Waals surface area (Å²) in [5.41, 5.74) is 6.62. The van der Waals surface area contributed by atoms with E-state index in [-0.39, 0.29) is 11.4 Å². The van der Waals surface area contributed by atoms with Crippen molar-refractivity contribution in [3.8, 4) is 11.1 Å². The summed E-state index contributed by atoms with van der Waals surface area (Å²) >= 11 is 11.8. The molecule has 6 heteroatoms. The fourth-order valence-electron chi connectivity index (χ4n) is 1.66. The van der Waals surface area contributed by atoms with Gasteiger partial charge in [0.05, 0.1) is 5.56 Å². The predicted octanol–water partition coefficient (Wildman–Crippen LogP) is 3.34. The Morgan fingerprint density at radius 1 is 1.22 bits per heavy atom. The van der Waals surface area contributed by atoms with Crippen molar-refractivity contribution in [1.82, 2.24) is 4.98 Å². The molecule has 1 aromatic heterocycles. The zero-order chi connectivity index (χ0) is 13.3. The van der Waals surface area contributed by atoms with Crippen LogP contribution in [0.3, 0.4) is 0 Å². The maximum atomic E-state index is 11.2. The lowest BCUT2D eigenvalue weighted by Crippen LogP contribution is -2.04. The lowest BCUT2D eigenvalue weighted by Gasteiger charge is -2.09. The first kappa shape index (κ1) is 12.7. The highest BCUT2D eigenvalue weighted by atomic mass is 35.5. The van der Waals surface area contributed by atoms with Gasteiger partial charge in [-0.1, -0.05) is 23.2 Å². The molecule has 0 spiro atoms. The number of aromatic carboxylic acids is 1. The Kier molecular flexibility index (Phi) is 3.41. The molecule has 18 heavy (non-hydrogen) atoms. The molecule has 0 fully saturated rings. The van der Waals surface area contributed by atoms with Crippen molar-refractivity contribution in [2.24, 2.45) is 0 Å². The van der Waals surface area contributed by atoms with Crippen LogP contribution in [0.15, 0.2) is 30.5 Å². The molecule has 3 N–H and O–H groups in total. The topological polar surface area (TPSA) is 76.2 Å². The van der Waals surface area contributed by atoms with Gasteiger partial charge in [0.1, 0.15) is 5.82 Å². The fraction of sp³-hybridized carbons (Fsp3) is 0. The van der Waals surface area contributed by atoms with Gasteiger partial charge in [0.2, 0.25) is 0 Å². The van der Waals surface area contributed by atoms with Gasteiger partial charge in [-0.2, -0.15) is 0 Å². The molecule has 2 rings (SSSR count). The van der Waals surface area contributed by atoms with Crippen molar-refractivity contribution < 1.29 is 9.90 Å². The van der Waals surface area contributed by atoms with E-state index in [0.29, 0.717) is 21.2 Å². The molecule has 2 aromatic rings. The minimum atomic E-state index is -1.09. The van der Waals surface area contributed by atoms with Gasteiger partial charge in [0.25, 0.3) is 0 Å². The highest BCUT2D eigenvalue weighted by Gasteiger charge is 2.16. The number of anilines is 1. The third kappa shape index (κ3) is 2.39. The van der Waals surface area contributed by atoms with Gasteiger partial charge in [0.15, 0.2) is 0 Å². The largest absolute Gasteiger partial charge is 0.478 e. The highest BCUT2D eigenvalue weighted by molar-refractivity contribution is 6.35. The lowest BCUT2D eigenvalue weighted by molar-refractivity contribution is 0.0697. The van der Waals surface area contributed by atoms with Crippen LogP contribution in [0.25, 0.3) is 11.1 Å². The summed E-state index contributed by atoms with van der Waals surface area (Å²) in [7, 11) is 0. The number of rotatable bonds is 2. The van der Waals surface area contributed by atoms with Gasteiger partial charge >= 0.3 is 5.97 Å². The van der Waals surface area contributed by atoms with E-state index >= 15 is 0 Å². The van der Waals surface area contributed by atoms with Gasteiger partial charge in [-0.05, 0) is 29.8 Å². The molecule has 1 heterocycles. The van der Waals surface area contributed by atoms with Crippen LogP contribution < -0.4 is 5.73 Å². The Balaban J connectivity index is 2.73. The van der Waals surface area contributed by atoms with Crippen molar-refractivity contribution in [2.45, 2.75) is 0 Å². The number of halogens is 2. The summed E-state index contributed by atoms with van der Waals surface area (Å²) in [6, 6.07) is 6.11. The van der Waals surface area contributed by atoms with Crippen molar-refractivity contribution in [3.63, 3.8) is 0 Å². The molecular formula is C12H8Cl2N2O2. The molecule has 0 radical (unpaired) electrons. The predicted molar refractivity (Wildman–Crippen MR) is 71.1 cm³/mol. The first-order chi connectivity index (χ1) is 8.49. The maximum Gasteiger partial charge on any atom is 0.336 e. The SMILES string of the molecule is Nc1nccc(C(=O)O)c1-c1cc(Cl)cc(Cl)c1. The first-order valence-corrected chi connectivity index (χ1v) is 5.69. The van der Waals surface area contributed by atoms with Crippen LogP contribution in [0.4, 0.5) is 5.82 Å². The normalized spacial score (nSPS) is 10.3. The molecule has 1 aromatic carbocycles. The molecular weight excluding hydrogens is 275 g/mol. The smallest absolute Gasteiger partial charge is 0.336 e. The number of carboxylic acid groups (broad SMARTS) is 1. The van der Waals surface area contributed by atoms with Gasteiger partial charge < -0.3 is 10.8 Å². The Labute approximate surface area is 113 Å². The standard InChI is InChI=1S/C12H8Cl2N2O2/c13-7-3-6(4-8(14)5-7)10-9(12(17)18)1-2-16-11(10)15/h1-5H,(H2,15,16)(H,17,18). The molecule has 0 saturated carbocycles. The third-order valence-corrected chi connectivity index (χ3v) is 2.80. The summed E-state index contributed by atoms with van der Waals surface area (Å²) in [5, 5.41) is 9.94. The van der Waals surface area contributed by atoms with Crippen molar-refractivity contribution in [3.05, 3.63) is 46.1 Å². The quantitative estimate of drug-likeness (QED) is 0.886. The molecule has 0 unspecified atom stereocenters. The van der Waals surface area contributed by atoms with Gasteiger partial charge in [-0.15, -0.1) is 0 Å². The molecule has 0 amide bonds. The molecule has 0 aliphatic rings. The van der Waals surface area contributed by atoms with Gasteiger partial charge in [-0.3, -0.25) is 0 Å². The maximum absolute atomic E-state index is 11.2. The van der Waals surface area contributed by atoms with Crippen LogP contribution in [0.5, 0.6) is 0 Å². The second kappa shape index (κ2) is 4.84. The van der Waals surface area contributed by atoms with Crippen LogP contribution in [-0.2, 0) is 0 Å². The Bertz CT molecular complexity index is 609. The van der Waals surface area contributed by atoms with E-state index in [2.05, 4.69) is 4.98 Å². The number of carbonyl (C=O) groups is 1. The van der Waals surface area contributed by atoms with Crippen LogP contribution in [0.1, 0.15) is 10.4 Å². The van der Waals surface area contributed by atoms with E-state index in [9.17, 15) is 4.79 Å². The number of hydrogen-bond donors (Lipinski definition) is 2. The lowest BCUT2D eigenvalue weighted by atomic mass is 10.0. The summed E-state index contributed by atoms with van der Waals surface area (Å²) in [4.78, 5) is 15.1. The second-order valence-corrected chi connectivity index (χ2v) is 4.45. The third-order valence-electron chi connectivity index (χ3n) is 2.36. The summed E-state index contributed by atoms with van der Waals surface area (Å²) in [6.07, 6.45) is 1.34. The number of nitrogen functional groups attached to an aromatic ring is 1. The number of benzene rings is 1. The average molecular weight is 283 g/mol. The summed E-state index contributed by atoms with van der Waals surface area (Å²) in [6.45, 7) is 0. The number of pyridine rings is 1. The second-order valence-electron chi connectivity index (χ2n) is 3.58. The zero-order valence-corrected chi connectivity index (χ0v) is 10.5. The Morgan fingerprint density at radius 3 is 2.39 bits per heavy atom. The van der Waals surface area contributed by atoms with Crippen LogP contribution in [0, 0.1) is 0 Å². The van der Waals surface area contributed by atoms with Crippen LogP contribution in [0.2, 0.25) is 10.0 Å². The van der Waals surface area contributed by atoms with E-state index in [4.69, 9.17) is 34.0 Å². The number of carboxylic acids is 1. The van der Waals surface area contributed by atoms with Crippen molar-refractivity contribution in [1.29, 1.82) is 0 Å². The highest BCUT2D eigenvalue weighted by Crippen LogP contribution is 2.32. The first-order valence-electron chi connectivity index (χ1n) is 4.93. The molecule has 0 aliphatic carbocycles. The molecule has 0 bridgehead atoms. The van der Waals surface area contributed by atoms with Gasteiger partial charge in [0, 0.05) is 21.8 Å². The Morgan fingerprint density at radius 2 is 1.83 bits per heavy atom. The summed E-state index contributed by atoms with van der Waals surface area (Å²) < 4.78 is 0. The van der Waals surface area contributed by atoms with E-state index in [0.717, 1.165) is 0 Å². The average Bonchev–Trinajstić information content (AvgIpc) is 2.26. The molecule has 92 valence electrons. The number of nitrogens with zero attached hydrogens (tertiary/aromatic N) is 1. The Hall–Kier alpha value is -1.78. The minimum absolute atomic E-state index is 0.0563. The minimum Gasteiger partial charge on any atom is -0.478 e. The van der Waals surface area contributed by atoms with Crippen LogP contribution in [-0.4, -0.2) is 16.1 Å². The molecule has 0 saturated heterocycles. The van der Waals surface area contributed by atoms with E-state index in [1.807, 2.05) is 0 Å². The molecule has 0 aliphatic heterocycles. The number of aromatic nitrogens is 1. The van der Waals surface area contributed by atoms with Crippen LogP contribution >= 0.6 is 23.2 Å². The zero-order valence-electron chi connectivity index (χ0n) is 9.02. The van der Waals surface area contributed by atoms with E-state index in [1.165, 1.54) is 12.3 Å². The number of nitrogens with two attached hydrogens (primary N) is 1. The van der Waals surface area contributed by atoms with Crippen molar-refractivity contribution >= 4 is 35.0 Å².